The summed E-state index contributed by atoms with van der Waals surface area (Å²) in [6.45, 7) is 4.02. The maximum absolute atomic E-state index is 13.4. The van der Waals surface area contributed by atoms with Gasteiger partial charge in [-0.3, -0.25) is 9.59 Å². The molecule has 1 aromatic heterocycles. The summed E-state index contributed by atoms with van der Waals surface area (Å²) in [7, 11) is 1.63. The zero-order valence-electron chi connectivity index (χ0n) is 17.4. The minimum atomic E-state index is -0.518. The van der Waals surface area contributed by atoms with E-state index in [4.69, 9.17) is 4.74 Å². The Morgan fingerprint density at radius 3 is 2.57 bits per heavy atom. The van der Waals surface area contributed by atoms with E-state index in [1.807, 2.05) is 56.3 Å². The van der Waals surface area contributed by atoms with Crippen LogP contribution in [0.15, 0.2) is 48.5 Å². The van der Waals surface area contributed by atoms with E-state index in [0.29, 0.717) is 12.2 Å². The highest BCUT2D eigenvalue weighted by Gasteiger charge is 2.49. The number of carbonyl (C=O) groups excluding carboxylic acids is 2. The van der Waals surface area contributed by atoms with Crippen LogP contribution in [0.4, 0.5) is 0 Å². The van der Waals surface area contributed by atoms with Crippen molar-refractivity contribution in [2.75, 3.05) is 13.7 Å². The molecule has 30 heavy (non-hydrogen) atoms. The molecule has 0 aliphatic carbocycles. The van der Waals surface area contributed by atoms with E-state index in [0.717, 1.165) is 27.7 Å². The number of aromatic amines is 1. The van der Waals surface area contributed by atoms with E-state index < -0.39 is 12.1 Å². The minimum Gasteiger partial charge on any atom is -0.496 e. The molecule has 0 bridgehead atoms. The van der Waals surface area contributed by atoms with E-state index >= 15 is 0 Å². The van der Waals surface area contributed by atoms with Crippen molar-refractivity contribution >= 4 is 22.7 Å². The van der Waals surface area contributed by atoms with Crippen LogP contribution in [0.5, 0.6) is 5.75 Å². The van der Waals surface area contributed by atoms with Gasteiger partial charge in [0.25, 0.3) is 0 Å². The fourth-order valence-electron chi connectivity index (χ4n) is 4.94. The molecule has 2 atom stereocenters. The van der Waals surface area contributed by atoms with Crippen molar-refractivity contribution in [2.24, 2.45) is 0 Å². The molecule has 2 aromatic carbocycles. The number of H-pyrrole nitrogens is 1. The number of aromatic nitrogens is 1. The van der Waals surface area contributed by atoms with Gasteiger partial charge in [-0.05, 0) is 31.5 Å². The second-order valence-corrected chi connectivity index (χ2v) is 8.29. The molecule has 154 valence electrons. The Balaban J connectivity index is 1.75. The zero-order chi connectivity index (χ0) is 21.0. The molecule has 0 saturated carbocycles. The number of hydrogen-bond acceptors (Lipinski definition) is 3. The zero-order valence-corrected chi connectivity index (χ0v) is 17.4. The predicted molar refractivity (Wildman–Crippen MR) is 114 cm³/mol. The number of amides is 2. The molecule has 2 aliphatic heterocycles. The van der Waals surface area contributed by atoms with Crippen molar-refractivity contribution in [3.63, 3.8) is 0 Å². The largest absolute Gasteiger partial charge is 0.496 e. The highest BCUT2D eigenvalue weighted by Crippen LogP contribution is 2.44. The third kappa shape index (κ3) is 2.63. The third-order valence-corrected chi connectivity index (χ3v) is 6.35. The van der Waals surface area contributed by atoms with Gasteiger partial charge in [0.05, 0.1) is 7.11 Å². The number of rotatable bonds is 3. The molecule has 3 heterocycles. The molecule has 0 radical (unpaired) electrons. The van der Waals surface area contributed by atoms with Gasteiger partial charge < -0.3 is 19.5 Å². The Hall–Kier alpha value is -3.28. The van der Waals surface area contributed by atoms with E-state index in [2.05, 4.69) is 11.1 Å². The van der Waals surface area contributed by atoms with E-state index in [1.54, 1.807) is 16.9 Å². The number of nitrogens with one attached hydrogen (secondary N) is 1. The number of benzene rings is 2. The monoisotopic (exact) mass is 403 g/mol. The second-order valence-electron chi connectivity index (χ2n) is 8.29. The van der Waals surface area contributed by atoms with Gasteiger partial charge in [-0.15, -0.1) is 0 Å². The summed E-state index contributed by atoms with van der Waals surface area (Å²) in [5.74, 6) is 0.688. The maximum atomic E-state index is 13.4. The first-order chi connectivity index (χ1) is 14.5. The van der Waals surface area contributed by atoms with Crippen molar-refractivity contribution in [3.8, 4) is 5.75 Å². The fourth-order valence-corrected chi connectivity index (χ4v) is 4.94. The van der Waals surface area contributed by atoms with Gasteiger partial charge in [0.15, 0.2) is 0 Å². The second kappa shape index (κ2) is 6.90. The number of piperazine rings is 1. The number of hydrogen-bond donors (Lipinski definition) is 1. The van der Waals surface area contributed by atoms with Gasteiger partial charge in [0.2, 0.25) is 11.8 Å². The van der Waals surface area contributed by atoms with Gasteiger partial charge in [0, 0.05) is 34.6 Å². The highest BCUT2D eigenvalue weighted by molar-refractivity contribution is 5.97. The van der Waals surface area contributed by atoms with Crippen LogP contribution in [0.2, 0.25) is 0 Å². The van der Waals surface area contributed by atoms with Crippen LogP contribution in [-0.2, 0) is 16.0 Å². The van der Waals surface area contributed by atoms with Crippen LogP contribution in [0.1, 0.15) is 36.7 Å². The van der Waals surface area contributed by atoms with Gasteiger partial charge >= 0.3 is 0 Å². The van der Waals surface area contributed by atoms with Crippen LogP contribution < -0.4 is 4.74 Å². The Labute approximate surface area is 175 Å². The van der Waals surface area contributed by atoms with Gasteiger partial charge in [-0.1, -0.05) is 36.4 Å². The van der Waals surface area contributed by atoms with Crippen LogP contribution in [0.25, 0.3) is 10.9 Å². The first-order valence-electron chi connectivity index (χ1n) is 10.3. The molecule has 1 fully saturated rings. The lowest BCUT2D eigenvalue weighted by atomic mass is 9.85. The van der Waals surface area contributed by atoms with Gasteiger partial charge in [0.1, 0.15) is 24.4 Å². The van der Waals surface area contributed by atoms with Crippen LogP contribution in [0.3, 0.4) is 0 Å². The van der Waals surface area contributed by atoms with Crippen LogP contribution in [0, 0.1) is 0 Å². The molecular formula is C24H25N3O3. The standard InChI is InChI=1S/C24H25N3O3/c1-14(2)26-13-21(28)27-19(24(26)29)12-17-15-8-4-6-10-18(15)25-22(17)23(27)16-9-5-7-11-20(16)30-3/h4-11,14,19,23,25H,12-13H2,1-3H3/t19-,23?/m0/s1. The average molecular weight is 403 g/mol. The number of nitrogens with zero attached hydrogens (tertiary/aromatic N) is 2. The molecule has 1 unspecified atom stereocenters. The molecule has 6 heteroatoms. The average Bonchev–Trinajstić information content (AvgIpc) is 3.13. The Kier molecular flexibility index (Phi) is 4.31. The quantitative estimate of drug-likeness (QED) is 0.730. The van der Waals surface area contributed by atoms with Crippen molar-refractivity contribution in [1.29, 1.82) is 0 Å². The molecular weight excluding hydrogens is 378 g/mol. The Morgan fingerprint density at radius 1 is 1.07 bits per heavy atom. The van der Waals surface area contributed by atoms with Crippen molar-refractivity contribution in [1.82, 2.24) is 14.8 Å². The number of ether oxygens (including phenoxy) is 1. The molecule has 2 amide bonds. The number of para-hydroxylation sites is 2. The smallest absolute Gasteiger partial charge is 0.246 e. The fraction of sp³-hybridized carbons (Fsp3) is 0.333. The summed E-state index contributed by atoms with van der Waals surface area (Å²) < 4.78 is 5.64. The first-order valence-corrected chi connectivity index (χ1v) is 10.3. The highest BCUT2D eigenvalue weighted by atomic mass is 16.5. The summed E-state index contributed by atoms with van der Waals surface area (Å²) in [6.07, 6.45) is 0.513. The van der Waals surface area contributed by atoms with E-state index in [1.165, 1.54) is 0 Å². The third-order valence-electron chi connectivity index (χ3n) is 6.35. The molecule has 2 aliphatic rings. The maximum Gasteiger partial charge on any atom is 0.246 e. The number of carbonyl (C=O) groups is 2. The minimum absolute atomic E-state index is 0.0143. The topological polar surface area (TPSA) is 65.6 Å². The van der Waals surface area contributed by atoms with Crippen LogP contribution >= 0.6 is 0 Å². The molecule has 0 spiro atoms. The summed E-state index contributed by atoms with van der Waals surface area (Å²) >= 11 is 0. The normalized spacial score (nSPS) is 21.2. The summed E-state index contributed by atoms with van der Waals surface area (Å²) in [5.41, 5.74) is 3.98. The Morgan fingerprint density at radius 2 is 1.80 bits per heavy atom. The number of methoxy groups -OCH3 is 1. The molecule has 1 saturated heterocycles. The summed E-state index contributed by atoms with van der Waals surface area (Å²) in [6, 6.07) is 14.9. The van der Waals surface area contributed by atoms with Crippen LogP contribution in [-0.4, -0.2) is 52.3 Å². The Bertz CT molecular complexity index is 1150. The lowest BCUT2D eigenvalue weighted by Gasteiger charge is -2.48. The molecule has 5 rings (SSSR count). The van der Waals surface area contributed by atoms with Gasteiger partial charge in [-0.25, -0.2) is 0 Å². The summed E-state index contributed by atoms with van der Waals surface area (Å²) in [5, 5.41) is 1.11. The molecule has 3 aromatic rings. The first kappa shape index (κ1) is 18.7. The lowest BCUT2D eigenvalue weighted by molar-refractivity contribution is -0.160. The lowest BCUT2D eigenvalue weighted by Crippen LogP contribution is -2.64. The van der Waals surface area contributed by atoms with Crippen molar-refractivity contribution < 1.29 is 14.3 Å². The van der Waals surface area contributed by atoms with Crippen molar-refractivity contribution in [3.05, 3.63) is 65.4 Å². The SMILES string of the molecule is COc1ccccc1C1c2[nH]c3ccccc3c2C[C@H]2C(=O)N(C(C)C)CC(=O)N12. The van der Waals surface area contributed by atoms with E-state index in [-0.39, 0.29) is 24.4 Å². The number of fused-ring (bicyclic) bond motifs is 4. The molecule has 1 N–H and O–H groups in total. The van der Waals surface area contributed by atoms with Gasteiger partial charge in [-0.2, -0.15) is 0 Å². The summed E-state index contributed by atoms with van der Waals surface area (Å²) in [4.78, 5) is 33.8. The predicted octanol–water partition coefficient (Wildman–Crippen LogP) is 3.27. The molecule has 6 nitrogen and oxygen atoms in total. The van der Waals surface area contributed by atoms with Crippen molar-refractivity contribution in [2.45, 2.75) is 38.4 Å². The van der Waals surface area contributed by atoms with E-state index in [9.17, 15) is 9.59 Å².